The number of benzene rings is 1. The van der Waals surface area contributed by atoms with E-state index < -0.39 is 0 Å². The van der Waals surface area contributed by atoms with Crippen LogP contribution in [0.4, 0.5) is 0 Å². The number of nitrogens with one attached hydrogen (secondary N) is 1. The first-order valence-corrected chi connectivity index (χ1v) is 6.61. The zero-order valence-corrected chi connectivity index (χ0v) is 11.8. The van der Waals surface area contributed by atoms with Crippen LogP contribution in [-0.2, 0) is 11.3 Å². The molecule has 1 N–H and O–H groups in total. The average molecular weight is 276 g/mol. The Morgan fingerprint density at radius 1 is 1.29 bits per heavy atom. The van der Waals surface area contributed by atoms with E-state index in [1.165, 1.54) is 0 Å². The summed E-state index contributed by atoms with van der Waals surface area (Å²) in [5.74, 6) is 0. The van der Waals surface area contributed by atoms with Crippen molar-refractivity contribution < 1.29 is 4.74 Å². The number of hydrogen-bond acceptors (Lipinski definition) is 2. The second-order valence-corrected chi connectivity index (χ2v) is 5.03. The molecular formula is C13H19Cl2NO. The van der Waals surface area contributed by atoms with Gasteiger partial charge in [-0.05, 0) is 50.6 Å². The summed E-state index contributed by atoms with van der Waals surface area (Å²) in [5, 5.41) is 4.79. The number of halogens is 2. The Hall–Kier alpha value is -0.280. The van der Waals surface area contributed by atoms with E-state index in [2.05, 4.69) is 5.32 Å². The Labute approximate surface area is 113 Å². The van der Waals surface area contributed by atoms with Crippen molar-refractivity contribution in [3.8, 4) is 0 Å². The zero-order chi connectivity index (χ0) is 12.7. The summed E-state index contributed by atoms with van der Waals surface area (Å²) < 4.78 is 5.45. The molecule has 0 spiro atoms. The molecule has 0 amide bonds. The van der Waals surface area contributed by atoms with E-state index >= 15 is 0 Å². The standard InChI is InChI=1S/C13H19Cl2NO/c1-10(2)17-7-3-6-16-9-11-8-12(14)4-5-13(11)15/h4-5,8,10,16H,3,6-7,9H2,1-2H3. The quantitative estimate of drug-likeness (QED) is 0.763. The van der Waals surface area contributed by atoms with Gasteiger partial charge >= 0.3 is 0 Å². The lowest BCUT2D eigenvalue weighted by Gasteiger charge is -2.09. The average Bonchev–Trinajstić information content (AvgIpc) is 2.27. The maximum atomic E-state index is 6.05. The van der Waals surface area contributed by atoms with Crippen LogP contribution < -0.4 is 5.32 Å². The summed E-state index contributed by atoms with van der Waals surface area (Å²) in [6.45, 7) is 6.52. The lowest BCUT2D eigenvalue weighted by molar-refractivity contribution is 0.0770. The second-order valence-electron chi connectivity index (χ2n) is 4.19. The minimum absolute atomic E-state index is 0.303. The SMILES string of the molecule is CC(C)OCCCNCc1cc(Cl)ccc1Cl. The van der Waals surface area contributed by atoms with Crippen LogP contribution in [0.3, 0.4) is 0 Å². The van der Waals surface area contributed by atoms with Gasteiger partial charge in [-0.3, -0.25) is 0 Å². The maximum Gasteiger partial charge on any atom is 0.0518 e. The molecule has 0 saturated heterocycles. The summed E-state index contributed by atoms with van der Waals surface area (Å²) in [4.78, 5) is 0. The zero-order valence-electron chi connectivity index (χ0n) is 10.3. The van der Waals surface area contributed by atoms with Crippen LogP contribution in [0, 0.1) is 0 Å². The smallest absolute Gasteiger partial charge is 0.0518 e. The largest absolute Gasteiger partial charge is 0.379 e. The summed E-state index contributed by atoms with van der Waals surface area (Å²) in [6.07, 6.45) is 1.30. The summed E-state index contributed by atoms with van der Waals surface area (Å²) in [7, 11) is 0. The molecule has 1 rings (SSSR count). The van der Waals surface area contributed by atoms with Gasteiger partial charge in [-0.2, -0.15) is 0 Å². The molecule has 0 atom stereocenters. The fourth-order valence-corrected chi connectivity index (χ4v) is 1.80. The van der Waals surface area contributed by atoms with Crippen molar-refractivity contribution in [2.75, 3.05) is 13.2 Å². The Kier molecular flexibility index (Phi) is 6.90. The molecule has 2 nitrogen and oxygen atoms in total. The molecule has 0 heterocycles. The Morgan fingerprint density at radius 2 is 2.06 bits per heavy atom. The van der Waals surface area contributed by atoms with Gasteiger partial charge in [-0.15, -0.1) is 0 Å². The van der Waals surface area contributed by atoms with Crippen LogP contribution in [0.25, 0.3) is 0 Å². The number of hydrogen-bond donors (Lipinski definition) is 1. The third kappa shape index (κ3) is 6.27. The number of rotatable bonds is 7. The molecule has 0 fully saturated rings. The van der Waals surface area contributed by atoms with Crippen molar-refractivity contribution >= 4 is 23.2 Å². The van der Waals surface area contributed by atoms with Gasteiger partial charge in [0.25, 0.3) is 0 Å². The fraction of sp³-hybridized carbons (Fsp3) is 0.538. The van der Waals surface area contributed by atoms with E-state index in [9.17, 15) is 0 Å². The van der Waals surface area contributed by atoms with Crippen molar-refractivity contribution in [2.24, 2.45) is 0 Å². The molecule has 4 heteroatoms. The monoisotopic (exact) mass is 275 g/mol. The van der Waals surface area contributed by atoms with Crippen LogP contribution in [-0.4, -0.2) is 19.3 Å². The van der Waals surface area contributed by atoms with Crippen molar-refractivity contribution in [3.63, 3.8) is 0 Å². The van der Waals surface area contributed by atoms with Crippen LogP contribution in [0.2, 0.25) is 10.0 Å². The topological polar surface area (TPSA) is 21.3 Å². The molecule has 0 bridgehead atoms. The molecule has 1 aromatic carbocycles. The van der Waals surface area contributed by atoms with Crippen LogP contribution in [0.5, 0.6) is 0 Å². The summed E-state index contributed by atoms with van der Waals surface area (Å²) in [6, 6.07) is 5.51. The maximum absolute atomic E-state index is 6.05. The van der Waals surface area contributed by atoms with E-state index in [4.69, 9.17) is 27.9 Å². The Morgan fingerprint density at radius 3 is 2.76 bits per heavy atom. The summed E-state index contributed by atoms with van der Waals surface area (Å²) in [5.41, 5.74) is 1.03. The molecule has 0 aliphatic heterocycles. The lowest BCUT2D eigenvalue weighted by atomic mass is 10.2. The van der Waals surface area contributed by atoms with Crippen LogP contribution >= 0.6 is 23.2 Å². The van der Waals surface area contributed by atoms with Gasteiger partial charge in [-0.1, -0.05) is 23.2 Å². The van der Waals surface area contributed by atoms with Crippen LogP contribution in [0.1, 0.15) is 25.8 Å². The summed E-state index contributed by atoms with van der Waals surface area (Å²) >= 11 is 12.0. The fourth-order valence-electron chi connectivity index (χ4n) is 1.42. The third-order valence-electron chi connectivity index (χ3n) is 2.27. The highest BCUT2D eigenvalue weighted by atomic mass is 35.5. The highest BCUT2D eigenvalue weighted by molar-refractivity contribution is 6.33. The first-order chi connectivity index (χ1) is 8.09. The second kappa shape index (κ2) is 7.93. The van der Waals surface area contributed by atoms with Crippen LogP contribution in [0.15, 0.2) is 18.2 Å². The Bertz CT molecular complexity index is 342. The van der Waals surface area contributed by atoms with E-state index in [0.717, 1.165) is 36.7 Å². The molecular weight excluding hydrogens is 257 g/mol. The van der Waals surface area contributed by atoms with Gasteiger partial charge in [0.2, 0.25) is 0 Å². The van der Waals surface area contributed by atoms with Gasteiger partial charge < -0.3 is 10.1 Å². The van der Waals surface area contributed by atoms with Gasteiger partial charge in [-0.25, -0.2) is 0 Å². The van der Waals surface area contributed by atoms with E-state index in [-0.39, 0.29) is 0 Å². The lowest BCUT2D eigenvalue weighted by Crippen LogP contribution is -2.17. The molecule has 96 valence electrons. The van der Waals surface area contributed by atoms with Gasteiger partial charge in [0.1, 0.15) is 0 Å². The van der Waals surface area contributed by atoms with Crippen molar-refractivity contribution in [3.05, 3.63) is 33.8 Å². The molecule has 0 aliphatic carbocycles. The highest BCUT2D eigenvalue weighted by Crippen LogP contribution is 2.20. The van der Waals surface area contributed by atoms with E-state index in [1.807, 2.05) is 26.0 Å². The molecule has 1 aromatic rings. The first-order valence-electron chi connectivity index (χ1n) is 5.86. The minimum atomic E-state index is 0.303. The first kappa shape index (κ1) is 14.8. The van der Waals surface area contributed by atoms with Crippen molar-refractivity contribution in [1.29, 1.82) is 0 Å². The molecule has 0 unspecified atom stereocenters. The van der Waals surface area contributed by atoms with Crippen molar-refractivity contribution in [1.82, 2.24) is 5.32 Å². The molecule has 0 aromatic heterocycles. The van der Waals surface area contributed by atoms with Crippen molar-refractivity contribution in [2.45, 2.75) is 32.9 Å². The predicted molar refractivity (Wildman–Crippen MR) is 73.9 cm³/mol. The van der Waals surface area contributed by atoms with Gasteiger partial charge in [0, 0.05) is 23.2 Å². The van der Waals surface area contributed by atoms with Gasteiger partial charge in [0.05, 0.1) is 6.10 Å². The molecule has 0 radical (unpaired) electrons. The van der Waals surface area contributed by atoms with Gasteiger partial charge in [0.15, 0.2) is 0 Å². The van der Waals surface area contributed by atoms with E-state index in [0.29, 0.717) is 11.1 Å². The predicted octanol–water partition coefficient (Wildman–Crippen LogP) is 3.90. The molecule has 0 saturated carbocycles. The Balaban J connectivity index is 2.20. The number of ether oxygens (including phenoxy) is 1. The normalized spacial score (nSPS) is 11.1. The minimum Gasteiger partial charge on any atom is -0.379 e. The molecule has 17 heavy (non-hydrogen) atoms. The van der Waals surface area contributed by atoms with E-state index in [1.54, 1.807) is 6.07 Å². The third-order valence-corrected chi connectivity index (χ3v) is 2.88. The molecule has 0 aliphatic rings. The highest BCUT2D eigenvalue weighted by Gasteiger charge is 2.00.